The van der Waals surface area contributed by atoms with E-state index in [4.69, 9.17) is 0 Å². The van der Waals surface area contributed by atoms with Gasteiger partial charge in [0.25, 0.3) is 0 Å². The summed E-state index contributed by atoms with van der Waals surface area (Å²) in [6.07, 6.45) is 6.14. The van der Waals surface area contributed by atoms with Gasteiger partial charge in [-0.15, -0.1) is 5.10 Å². The highest BCUT2D eigenvalue weighted by Crippen LogP contribution is 2.26. The topological polar surface area (TPSA) is 75.9 Å². The van der Waals surface area contributed by atoms with Crippen LogP contribution in [0.3, 0.4) is 0 Å². The Bertz CT molecular complexity index is 561. The lowest BCUT2D eigenvalue weighted by Crippen LogP contribution is -2.35. The summed E-state index contributed by atoms with van der Waals surface area (Å²) in [4.78, 5) is 0. The van der Waals surface area contributed by atoms with Crippen molar-refractivity contribution in [2.75, 3.05) is 6.61 Å². The molecule has 1 aliphatic rings. The Kier molecular flexibility index (Phi) is 4.80. The third-order valence-electron chi connectivity index (χ3n) is 4.60. The van der Waals surface area contributed by atoms with Crippen molar-refractivity contribution in [2.24, 2.45) is 5.92 Å². The van der Waals surface area contributed by atoms with E-state index in [9.17, 15) is 5.11 Å². The van der Waals surface area contributed by atoms with E-state index < -0.39 is 0 Å². The van der Waals surface area contributed by atoms with Crippen LogP contribution < -0.4 is 5.32 Å². The van der Waals surface area contributed by atoms with E-state index in [2.05, 4.69) is 39.9 Å². The summed E-state index contributed by atoms with van der Waals surface area (Å²) < 4.78 is 1.65. The van der Waals surface area contributed by atoms with Gasteiger partial charge in [0.1, 0.15) is 6.33 Å². The molecule has 1 aromatic heterocycles. The van der Waals surface area contributed by atoms with Crippen molar-refractivity contribution in [1.82, 2.24) is 25.5 Å². The fourth-order valence-electron chi connectivity index (χ4n) is 3.16. The molecule has 0 bridgehead atoms. The SMILES string of the molecule is CC(NC1CCC(CO)CC1)c1ccc(-n2cnnn2)cc1. The fraction of sp³-hybridized carbons (Fsp3) is 0.562. The number of benzene rings is 1. The molecule has 3 rings (SSSR count). The van der Waals surface area contributed by atoms with Gasteiger partial charge < -0.3 is 10.4 Å². The standard InChI is InChI=1S/C16H23N5O/c1-12(18-15-6-2-13(10-22)3-7-15)14-4-8-16(9-5-14)21-11-17-19-20-21/h4-5,8-9,11-13,15,18,22H,2-3,6-7,10H2,1H3. The van der Waals surface area contributed by atoms with Gasteiger partial charge in [0.15, 0.2) is 0 Å². The Morgan fingerprint density at radius 1 is 1.23 bits per heavy atom. The zero-order chi connectivity index (χ0) is 15.4. The largest absolute Gasteiger partial charge is 0.396 e. The molecule has 1 heterocycles. The van der Waals surface area contributed by atoms with E-state index >= 15 is 0 Å². The third-order valence-corrected chi connectivity index (χ3v) is 4.60. The van der Waals surface area contributed by atoms with Gasteiger partial charge in [-0.3, -0.25) is 0 Å². The third kappa shape index (κ3) is 3.51. The second kappa shape index (κ2) is 6.98. The molecule has 1 aliphatic carbocycles. The Balaban J connectivity index is 1.57. The first-order valence-corrected chi connectivity index (χ1v) is 7.96. The first-order chi connectivity index (χ1) is 10.8. The van der Waals surface area contributed by atoms with E-state index in [1.807, 2.05) is 12.1 Å². The summed E-state index contributed by atoms with van der Waals surface area (Å²) in [6.45, 7) is 2.53. The molecule has 22 heavy (non-hydrogen) atoms. The van der Waals surface area contributed by atoms with Crippen molar-refractivity contribution >= 4 is 0 Å². The van der Waals surface area contributed by atoms with Crippen LogP contribution in [-0.4, -0.2) is 38.0 Å². The molecule has 1 saturated carbocycles. The van der Waals surface area contributed by atoms with Crippen molar-refractivity contribution in [3.63, 3.8) is 0 Å². The molecule has 118 valence electrons. The van der Waals surface area contributed by atoms with Crippen LogP contribution in [0, 0.1) is 5.92 Å². The van der Waals surface area contributed by atoms with E-state index in [-0.39, 0.29) is 0 Å². The highest BCUT2D eigenvalue weighted by atomic mass is 16.3. The monoisotopic (exact) mass is 301 g/mol. The van der Waals surface area contributed by atoms with Crippen LogP contribution in [0.5, 0.6) is 0 Å². The number of nitrogens with zero attached hydrogens (tertiary/aromatic N) is 4. The molecule has 2 aromatic rings. The average molecular weight is 301 g/mol. The first kappa shape index (κ1) is 15.1. The van der Waals surface area contributed by atoms with Crippen LogP contribution in [0.1, 0.15) is 44.2 Å². The molecule has 0 radical (unpaired) electrons. The van der Waals surface area contributed by atoms with E-state index in [1.165, 1.54) is 5.56 Å². The maximum Gasteiger partial charge on any atom is 0.143 e. The van der Waals surface area contributed by atoms with Crippen LogP contribution in [0.15, 0.2) is 30.6 Å². The summed E-state index contributed by atoms with van der Waals surface area (Å²) >= 11 is 0. The van der Waals surface area contributed by atoms with E-state index in [0.29, 0.717) is 24.6 Å². The van der Waals surface area contributed by atoms with Gasteiger partial charge in [-0.25, -0.2) is 4.68 Å². The van der Waals surface area contributed by atoms with Crippen LogP contribution >= 0.6 is 0 Å². The Morgan fingerprint density at radius 2 is 1.95 bits per heavy atom. The molecule has 6 heteroatoms. The maximum absolute atomic E-state index is 9.21. The minimum atomic E-state index is 0.318. The summed E-state index contributed by atoms with van der Waals surface area (Å²) in [5.41, 5.74) is 2.23. The van der Waals surface area contributed by atoms with Gasteiger partial charge in [-0.1, -0.05) is 12.1 Å². The second-order valence-electron chi connectivity index (χ2n) is 6.13. The van der Waals surface area contributed by atoms with Crippen LogP contribution in [0.2, 0.25) is 0 Å². The predicted molar refractivity (Wildman–Crippen MR) is 83.5 cm³/mol. The molecule has 0 saturated heterocycles. The number of rotatable bonds is 5. The van der Waals surface area contributed by atoms with Crippen LogP contribution in [0.25, 0.3) is 5.69 Å². The van der Waals surface area contributed by atoms with Crippen molar-refractivity contribution in [3.8, 4) is 5.69 Å². The zero-order valence-electron chi connectivity index (χ0n) is 12.9. The lowest BCUT2D eigenvalue weighted by Gasteiger charge is -2.30. The number of hydrogen-bond acceptors (Lipinski definition) is 5. The quantitative estimate of drug-likeness (QED) is 0.881. The first-order valence-electron chi connectivity index (χ1n) is 7.96. The molecular formula is C16H23N5O. The summed E-state index contributed by atoms with van der Waals surface area (Å²) in [7, 11) is 0. The number of aromatic nitrogens is 4. The Morgan fingerprint density at radius 3 is 2.55 bits per heavy atom. The Labute approximate surface area is 130 Å². The van der Waals surface area contributed by atoms with Crippen LogP contribution in [0.4, 0.5) is 0 Å². The number of nitrogens with one attached hydrogen (secondary N) is 1. The number of tetrazole rings is 1. The van der Waals surface area contributed by atoms with Gasteiger partial charge in [0, 0.05) is 18.7 Å². The minimum Gasteiger partial charge on any atom is -0.396 e. The zero-order valence-corrected chi connectivity index (χ0v) is 12.9. The molecule has 0 spiro atoms. The highest BCUT2D eigenvalue weighted by molar-refractivity contribution is 5.34. The number of aliphatic hydroxyl groups excluding tert-OH is 1. The van der Waals surface area contributed by atoms with Gasteiger partial charge >= 0.3 is 0 Å². The molecule has 0 aliphatic heterocycles. The van der Waals surface area contributed by atoms with Gasteiger partial charge in [-0.2, -0.15) is 0 Å². The smallest absolute Gasteiger partial charge is 0.143 e. The fourth-order valence-corrected chi connectivity index (χ4v) is 3.16. The second-order valence-corrected chi connectivity index (χ2v) is 6.13. The van der Waals surface area contributed by atoms with E-state index in [1.54, 1.807) is 11.0 Å². The lowest BCUT2D eigenvalue weighted by molar-refractivity contribution is 0.172. The highest BCUT2D eigenvalue weighted by Gasteiger charge is 2.21. The average Bonchev–Trinajstić information content (AvgIpc) is 3.10. The lowest BCUT2D eigenvalue weighted by atomic mass is 9.86. The number of hydrogen-bond donors (Lipinski definition) is 2. The van der Waals surface area contributed by atoms with Crippen molar-refractivity contribution in [2.45, 2.75) is 44.7 Å². The van der Waals surface area contributed by atoms with Crippen molar-refractivity contribution < 1.29 is 5.11 Å². The molecule has 1 atom stereocenters. The molecule has 0 amide bonds. The van der Waals surface area contributed by atoms with Crippen LogP contribution in [-0.2, 0) is 0 Å². The maximum atomic E-state index is 9.21. The summed E-state index contributed by atoms with van der Waals surface area (Å²) in [5.74, 6) is 0.504. The predicted octanol–water partition coefficient (Wildman–Crippen LogP) is 1.86. The Hall–Kier alpha value is -1.79. The minimum absolute atomic E-state index is 0.318. The van der Waals surface area contributed by atoms with Crippen molar-refractivity contribution in [3.05, 3.63) is 36.2 Å². The molecule has 1 aromatic carbocycles. The number of aliphatic hydroxyl groups is 1. The van der Waals surface area contributed by atoms with Gasteiger partial charge in [-0.05, 0) is 66.6 Å². The molecule has 2 N–H and O–H groups in total. The van der Waals surface area contributed by atoms with Gasteiger partial charge in [0.2, 0.25) is 0 Å². The molecule has 1 fully saturated rings. The summed E-state index contributed by atoms with van der Waals surface area (Å²) in [5, 5.41) is 24.1. The van der Waals surface area contributed by atoms with Gasteiger partial charge in [0.05, 0.1) is 5.69 Å². The normalized spacial score (nSPS) is 23.4. The molecular weight excluding hydrogens is 278 g/mol. The van der Waals surface area contributed by atoms with E-state index in [0.717, 1.165) is 31.4 Å². The molecule has 6 nitrogen and oxygen atoms in total. The summed E-state index contributed by atoms with van der Waals surface area (Å²) in [6, 6.07) is 9.18. The van der Waals surface area contributed by atoms with Crippen molar-refractivity contribution in [1.29, 1.82) is 0 Å². The molecule has 1 unspecified atom stereocenters.